The first kappa shape index (κ1) is 15.1. The van der Waals surface area contributed by atoms with Crippen LogP contribution in [0.2, 0.25) is 0 Å². The average Bonchev–Trinajstić information content (AvgIpc) is 3.26. The van der Waals surface area contributed by atoms with Crippen LogP contribution in [0.3, 0.4) is 0 Å². The van der Waals surface area contributed by atoms with E-state index in [0.29, 0.717) is 6.04 Å². The Morgan fingerprint density at radius 2 is 2.17 bits per heavy atom. The van der Waals surface area contributed by atoms with E-state index in [0.717, 1.165) is 11.7 Å². The van der Waals surface area contributed by atoms with Crippen molar-refractivity contribution < 1.29 is 0 Å². The van der Waals surface area contributed by atoms with Crippen LogP contribution in [-0.4, -0.2) is 29.5 Å². The van der Waals surface area contributed by atoms with Gasteiger partial charge in [-0.15, -0.1) is 22.7 Å². The van der Waals surface area contributed by atoms with Gasteiger partial charge in [0.2, 0.25) is 0 Å². The molecule has 1 unspecified atom stereocenters. The quantitative estimate of drug-likeness (QED) is 0.718. The van der Waals surface area contributed by atoms with Gasteiger partial charge in [-0.05, 0) is 43.8 Å². The largest absolute Gasteiger partial charge is 0.365 e. The number of hydrogen-bond donors (Lipinski definition) is 1. The van der Waals surface area contributed by atoms with Gasteiger partial charge in [-0.3, -0.25) is 4.90 Å². The summed E-state index contributed by atoms with van der Waals surface area (Å²) in [6, 6.07) is 11.6. The van der Waals surface area contributed by atoms with Crippen LogP contribution in [0.5, 0.6) is 0 Å². The molecule has 1 atom stereocenters. The number of fused-ring (bicyclic) bond motifs is 1. The molecule has 0 spiro atoms. The fraction of sp³-hybridized carbons (Fsp3) is 0.389. The third-order valence-electron chi connectivity index (χ3n) is 4.61. The first-order valence-corrected chi connectivity index (χ1v) is 9.78. The molecule has 0 bridgehead atoms. The molecule has 3 heterocycles. The zero-order valence-electron chi connectivity index (χ0n) is 13.5. The summed E-state index contributed by atoms with van der Waals surface area (Å²) >= 11 is 3.64. The molecule has 4 rings (SSSR count). The predicted molar refractivity (Wildman–Crippen MR) is 102 cm³/mol. The smallest absolute Gasteiger partial charge is 0.183 e. The van der Waals surface area contributed by atoms with Crippen LogP contribution in [0.15, 0.2) is 30.3 Å². The van der Waals surface area contributed by atoms with Gasteiger partial charge in [0.15, 0.2) is 5.13 Å². The van der Waals surface area contributed by atoms with Gasteiger partial charge in [0, 0.05) is 29.2 Å². The van der Waals surface area contributed by atoms with Crippen LogP contribution in [-0.2, 0) is 6.54 Å². The van der Waals surface area contributed by atoms with E-state index in [1.165, 1.54) is 44.9 Å². The van der Waals surface area contributed by atoms with Crippen LogP contribution >= 0.6 is 22.7 Å². The summed E-state index contributed by atoms with van der Waals surface area (Å²) < 4.78 is 1.34. The molecule has 1 N–H and O–H groups in total. The Kier molecular flexibility index (Phi) is 4.09. The Morgan fingerprint density at radius 1 is 1.30 bits per heavy atom. The molecule has 3 aromatic rings. The molecular formula is C18H21N3S2. The van der Waals surface area contributed by atoms with Gasteiger partial charge in [-0.2, -0.15) is 0 Å². The fourth-order valence-corrected chi connectivity index (χ4v) is 5.37. The number of thiophene rings is 1. The van der Waals surface area contributed by atoms with E-state index in [4.69, 9.17) is 4.98 Å². The van der Waals surface area contributed by atoms with Crippen LogP contribution in [0, 0.1) is 0 Å². The molecule has 120 valence electrons. The summed E-state index contributed by atoms with van der Waals surface area (Å²) in [5.74, 6) is 0. The highest BCUT2D eigenvalue weighted by Gasteiger charge is 2.23. The van der Waals surface area contributed by atoms with Crippen molar-refractivity contribution in [3.8, 4) is 10.6 Å². The first-order chi connectivity index (χ1) is 11.2. The Hall–Kier alpha value is -1.43. The monoisotopic (exact) mass is 343 g/mol. The van der Waals surface area contributed by atoms with Crippen LogP contribution in [0.4, 0.5) is 5.13 Å². The number of likely N-dealkylation sites (tertiary alicyclic amines) is 1. The number of nitrogens with zero attached hydrogens (tertiary/aromatic N) is 2. The minimum Gasteiger partial charge on any atom is -0.365 e. The second-order valence-corrected chi connectivity index (χ2v) is 8.32. The second kappa shape index (κ2) is 6.23. The fourth-order valence-electron chi connectivity index (χ4n) is 3.27. The normalized spacial score (nSPS) is 18.8. The summed E-state index contributed by atoms with van der Waals surface area (Å²) in [6.07, 6.45) is 2.63. The number of anilines is 1. The predicted octanol–water partition coefficient (Wildman–Crippen LogP) is 5.05. The van der Waals surface area contributed by atoms with Gasteiger partial charge in [0.1, 0.15) is 0 Å². The van der Waals surface area contributed by atoms with Gasteiger partial charge in [-0.25, -0.2) is 4.98 Å². The van der Waals surface area contributed by atoms with Gasteiger partial charge < -0.3 is 5.32 Å². The molecule has 1 aromatic carbocycles. The van der Waals surface area contributed by atoms with E-state index in [9.17, 15) is 0 Å². The van der Waals surface area contributed by atoms with Crippen molar-refractivity contribution in [2.24, 2.45) is 0 Å². The lowest BCUT2D eigenvalue weighted by Gasteiger charge is -2.20. The number of aromatic nitrogens is 1. The molecule has 1 fully saturated rings. The highest BCUT2D eigenvalue weighted by Crippen LogP contribution is 2.39. The summed E-state index contributed by atoms with van der Waals surface area (Å²) in [5.41, 5.74) is 1.17. The lowest BCUT2D eigenvalue weighted by atomic mass is 10.2. The van der Waals surface area contributed by atoms with Gasteiger partial charge in [-0.1, -0.05) is 18.2 Å². The maximum Gasteiger partial charge on any atom is 0.183 e. The van der Waals surface area contributed by atoms with Crippen molar-refractivity contribution in [1.82, 2.24) is 9.88 Å². The third-order valence-corrected chi connectivity index (χ3v) is 6.79. The third kappa shape index (κ3) is 2.89. The van der Waals surface area contributed by atoms with E-state index in [2.05, 4.69) is 47.5 Å². The van der Waals surface area contributed by atoms with Crippen LogP contribution in [0.1, 0.15) is 24.6 Å². The molecule has 0 radical (unpaired) electrons. The molecule has 23 heavy (non-hydrogen) atoms. The molecule has 5 heteroatoms. The lowest BCUT2D eigenvalue weighted by Crippen LogP contribution is -2.25. The molecule has 1 aliphatic rings. The number of rotatable bonds is 4. The van der Waals surface area contributed by atoms with Crippen LogP contribution in [0.25, 0.3) is 20.7 Å². The SMILES string of the molecule is CNc1nc(-c2cc3ccccc3s2)c(CN2CCCC2C)s1. The summed E-state index contributed by atoms with van der Waals surface area (Å²) in [6.45, 7) is 4.57. The van der Waals surface area contributed by atoms with Gasteiger partial charge in [0.05, 0.1) is 10.6 Å². The topological polar surface area (TPSA) is 28.2 Å². The summed E-state index contributed by atoms with van der Waals surface area (Å²) in [7, 11) is 1.95. The summed E-state index contributed by atoms with van der Waals surface area (Å²) in [4.78, 5) is 10.1. The van der Waals surface area contributed by atoms with Crippen molar-refractivity contribution in [2.45, 2.75) is 32.4 Å². The first-order valence-electron chi connectivity index (χ1n) is 8.15. The van der Waals surface area contributed by atoms with Crippen LogP contribution < -0.4 is 5.32 Å². The molecule has 3 nitrogen and oxygen atoms in total. The molecule has 1 saturated heterocycles. The second-order valence-electron chi connectivity index (χ2n) is 6.15. The van der Waals surface area contributed by atoms with Crippen molar-refractivity contribution in [3.05, 3.63) is 35.2 Å². The van der Waals surface area contributed by atoms with Gasteiger partial charge >= 0.3 is 0 Å². The van der Waals surface area contributed by atoms with E-state index in [1.807, 2.05) is 18.4 Å². The highest BCUT2D eigenvalue weighted by molar-refractivity contribution is 7.22. The van der Waals surface area contributed by atoms with E-state index >= 15 is 0 Å². The van der Waals surface area contributed by atoms with Crippen molar-refractivity contribution in [1.29, 1.82) is 0 Å². The number of hydrogen-bond acceptors (Lipinski definition) is 5. The molecule has 1 aliphatic heterocycles. The minimum atomic E-state index is 0.686. The Balaban J connectivity index is 1.73. The highest BCUT2D eigenvalue weighted by atomic mass is 32.1. The number of benzene rings is 1. The minimum absolute atomic E-state index is 0.686. The molecular weight excluding hydrogens is 322 g/mol. The van der Waals surface area contributed by atoms with Gasteiger partial charge in [0.25, 0.3) is 0 Å². The van der Waals surface area contributed by atoms with Crippen molar-refractivity contribution >= 4 is 37.9 Å². The Labute approximate surface area is 145 Å². The zero-order chi connectivity index (χ0) is 15.8. The molecule has 0 aliphatic carbocycles. The standard InChI is InChI=1S/C18H21N3S2/c1-12-6-5-9-21(12)11-16-17(20-18(19-2)23-16)15-10-13-7-3-4-8-14(13)22-15/h3-4,7-8,10,12H,5-6,9,11H2,1-2H3,(H,19,20). The van der Waals surface area contributed by atoms with Crippen molar-refractivity contribution in [2.75, 3.05) is 18.9 Å². The lowest BCUT2D eigenvalue weighted by molar-refractivity contribution is 0.263. The molecule has 0 saturated carbocycles. The Morgan fingerprint density at radius 3 is 2.91 bits per heavy atom. The number of thiazole rings is 1. The molecule has 2 aromatic heterocycles. The molecule has 0 amide bonds. The summed E-state index contributed by atoms with van der Waals surface area (Å²) in [5, 5.41) is 5.55. The average molecular weight is 344 g/mol. The van der Waals surface area contributed by atoms with Crippen molar-refractivity contribution in [3.63, 3.8) is 0 Å². The number of nitrogens with one attached hydrogen (secondary N) is 1. The van der Waals surface area contributed by atoms with E-state index in [1.54, 1.807) is 11.3 Å². The van der Waals surface area contributed by atoms with E-state index < -0.39 is 0 Å². The van der Waals surface area contributed by atoms with E-state index in [-0.39, 0.29) is 0 Å². The maximum atomic E-state index is 4.85. The zero-order valence-corrected chi connectivity index (χ0v) is 15.1. The Bertz CT molecular complexity index is 788. The maximum absolute atomic E-state index is 4.85.